The monoisotopic (exact) mass is 445 g/mol. The van der Waals surface area contributed by atoms with E-state index >= 15 is 0 Å². The molecular weight excluding hydrogens is 420 g/mol. The standard InChI is InChI=1S/C25H24N4O4/c1-33-21-12-6-5-10-19(21)16-29-24(31)20-11-7-14-27-23(20)28(25(29)32)17-22(30)26-15-13-18-8-3-2-4-9-18/h2-12,14,20H,13,15-17H2,1H3/p+1. The van der Waals surface area contributed by atoms with Gasteiger partial charge in [0.05, 0.1) is 7.11 Å². The number of amidine groups is 1. The molecule has 1 unspecified atom stereocenters. The van der Waals surface area contributed by atoms with Crippen molar-refractivity contribution in [3.63, 3.8) is 0 Å². The minimum Gasteiger partial charge on any atom is -0.496 e. The fraction of sp³-hybridized carbons (Fsp3) is 0.240. The molecule has 0 aromatic heterocycles. The van der Waals surface area contributed by atoms with Crippen LogP contribution in [0.15, 0.2) is 71.7 Å². The number of dihydropyridines is 1. The number of carbonyl (C=O) groups is 3. The van der Waals surface area contributed by atoms with Crippen LogP contribution in [0.4, 0.5) is 4.79 Å². The van der Waals surface area contributed by atoms with Gasteiger partial charge in [-0.1, -0.05) is 54.6 Å². The Balaban J connectivity index is 1.52. The van der Waals surface area contributed by atoms with Crippen molar-refractivity contribution in [2.75, 3.05) is 20.2 Å². The Morgan fingerprint density at radius 3 is 2.67 bits per heavy atom. The van der Waals surface area contributed by atoms with Gasteiger partial charge < -0.3 is 10.1 Å². The third kappa shape index (κ3) is 4.90. The van der Waals surface area contributed by atoms with Crippen molar-refractivity contribution in [2.24, 2.45) is 10.9 Å². The summed E-state index contributed by atoms with van der Waals surface area (Å²) in [6, 6.07) is 16.4. The van der Waals surface area contributed by atoms with E-state index in [1.54, 1.807) is 24.3 Å². The molecule has 2 aromatic carbocycles. The summed E-state index contributed by atoms with van der Waals surface area (Å²) < 4.78 is 6.64. The number of para-hydroxylation sites is 1. The van der Waals surface area contributed by atoms with Gasteiger partial charge in [-0.15, -0.1) is 4.99 Å². The maximum absolute atomic E-state index is 13.3. The Morgan fingerprint density at radius 1 is 1.12 bits per heavy atom. The molecule has 0 radical (unpaired) electrons. The lowest BCUT2D eigenvalue weighted by molar-refractivity contribution is -0.430. The number of ether oxygens (including phenoxy) is 1. The number of nitrogens with zero attached hydrogens (tertiary/aromatic N) is 3. The molecule has 0 saturated carbocycles. The molecule has 2 aliphatic rings. The number of methoxy groups -OCH3 is 1. The highest BCUT2D eigenvalue weighted by Gasteiger charge is 2.47. The smallest absolute Gasteiger partial charge is 0.446 e. The van der Waals surface area contributed by atoms with Gasteiger partial charge in [-0.25, -0.2) is 4.79 Å². The van der Waals surface area contributed by atoms with E-state index in [1.165, 1.54) is 17.9 Å². The third-order valence-corrected chi connectivity index (χ3v) is 5.55. The van der Waals surface area contributed by atoms with Crippen LogP contribution in [0.25, 0.3) is 0 Å². The van der Waals surface area contributed by atoms with Crippen LogP contribution in [0.1, 0.15) is 11.1 Å². The maximum atomic E-state index is 13.3. The number of amides is 4. The second-order valence-corrected chi connectivity index (χ2v) is 7.69. The summed E-state index contributed by atoms with van der Waals surface area (Å²) in [6.07, 6.45) is 5.55. The van der Waals surface area contributed by atoms with E-state index in [4.69, 9.17) is 4.74 Å². The number of nitrogens with one attached hydrogen (secondary N) is 1. The van der Waals surface area contributed by atoms with E-state index in [1.807, 2.05) is 42.5 Å². The van der Waals surface area contributed by atoms with E-state index in [9.17, 15) is 14.4 Å². The topological polar surface area (TPSA) is 91.1 Å². The van der Waals surface area contributed by atoms with Crippen molar-refractivity contribution in [3.05, 3.63) is 77.9 Å². The van der Waals surface area contributed by atoms with Crippen molar-refractivity contribution in [2.45, 2.75) is 13.0 Å². The lowest BCUT2D eigenvalue weighted by Crippen LogP contribution is -2.55. The zero-order valence-corrected chi connectivity index (χ0v) is 18.3. The number of fused-ring (bicyclic) bond motifs is 1. The molecule has 2 aromatic rings. The van der Waals surface area contributed by atoms with Crippen molar-refractivity contribution in [3.8, 4) is 5.75 Å². The van der Waals surface area contributed by atoms with E-state index in [-0.39, 0.29) is 30.7 Å². The molecule has 2 heterocycles. The van der Waals surface area contributed by atoms with Gasteiger partial charge in [0.2, 0.25) is 0 Å². The highest BCUT2D eigenvalue weighted by molar-refractivity contribution is 6.15. The van der Waals surface area contributed by atoms with Crippen molar-refractivity contribution in [1.29, 1.82) is 0 Å². The van der Waals surface area contributed by atoms with Crippen LogP contribution in [-0.2, 0) is 22.6 Å². The van der Waals surface area contributed by atoms with Crippen LogP contribution in [0.3, 0.4) is 0 Å². The normalized spacial score (nSPS) is 17.2. The Hall–Kier alpha value is -4.07. The highest BCUT2D eigenvalue weighted by atomic mass is 16.5. The van der Waals surface area contributed by atoms with Gasteiger partial charge in [0.1, 0.15) is 18.5 Å². The summed E-state index contributed by atoms with van der Waals surface area (Å²) >= 11 is 0. The van der Waals surface area contributed by atoms with Crippen LogP contribution in [0, 0.1) is 5.92 Å². The Labute approximate surface area is 191 Å². The molecule has 8 heteroatoms. The van der Waals surface area contributed by atoms with E-state index in [2.05, 4.69) is 10.3 Å². The number of hydrogen-bond donors (Lipinski definition) is 1. The van der Waals surface area contributed by atoms with Gasteiger partial charge in [0.15, 0.2) is 12.5 Å². The number of hydrogen-bond acceptors (Lipinski definition) is 5. The van der Waals surface area contributed by atoms with E-state index in [0.717, 1.165) is 10.5 Å². The molecule has 0 aliphatic carbocycles. The minimum absolute atomic E-state index is 0.0368. The van der Waals surface area contributed by atoms with E-state index < -0.39 is 11.9 Å². The maximum Gasteiger partial charge on any atom is 0.446 e. The van der Waals surface area contributed by atoms with Crippen LogP contribution >= 0.6 is 0 Å². The number of rotatable bonds is 8. The molecule has 4 amide bonds. The minimum atomic E-state index is -0.723. The first kappa shape index (κ1) is 22.1. The van der Waals surface area contributed by atoms with Gasteiger partial charge >= 0.3 is 11.9 Å². The van der Waals surface area contributed by atoms with Crippen LogP contribution in [-0.4, -0.2) is 59.6 Å². The number of aliphatic imine (C=N–C) groups is 1. The third-order valence-electron chi connectivity index (χ3n) is 5.55. The number of urea groups is 1. The zero-order chi connectivity index (χ0) is 23.2. The second-order valence-electron chi connectivity index (χ2n) is 7.69. The summed E-state index contributed by atoms with van der Waals surface area (Å²) in [6.45, 7) is 0.256. The number of carbonyl (C=O) groups excluding carboxylic acids is 3. The first-order valence-corrected chi connectivity index (χ1v) is 10.7. The van der Waals surface area contributed by atoms with Crippen molar-refractivity contribution < 1.29 is 23.7 Å². The summed E-state index contributed by atoms with van der Waals surface area (Å²) in [4.78, 5) is 44.5. The molecule has 168 valence electrons. The fourth-order valence-corrected chi connectivity index (χ4v) is 3.87. The molecule has 4 rings (SSSR count). The van der Waals surface area contributed by atoms with Crippen LogP contribution < -0.4 is 10.1 Å². The van der Waals surface area contributed by atoms with Gasteiger partial charge in [-0.3, -0.25) is 9.59 Å². The zero-order valence-electron chi connectivity index (χ0n) is 18.3. The first-order valence-electron chi connectivity index (χ1n) is 10.7. The largest absolute Gasteiger partial charge is 0.496 e. The van der Waals surface area contributed by atoms with Gasteiger partial charge in [-0.05, 0) is 24.1 Å². The molecule has 8 nitrogen and oxygen atoms in total. The summed E-state index contributed by atoms with van der Waals surface area (Å²) in [5.41, 5.74) is 1.80. The SMILES string of the molecule is COc1ccccc1CN1C(=O)C2C=CC=NC2=[N+](CC(=O)NCCc2ccccc2)C1=O. The number of benzene rings is 2. The molecule has 1 N–H and O–H groups in total. The predicted molar refractivity (Wildman–Crippen MR) is 123 cm³/mol. The number of allylic oxidation sites excluding steroid dienone is 1. The summed E-state index contributed by atoms with van der Waals surface area (Å²) in [7, 11) is 1.54. The molecule has 2 aliphatic heterocycles. The van der Waals surface area contributed by atoms with Crippen molar-refractivity contribution >= 4 is 29.9 Å². The van der Waals surface area contributed by atoms with Gasteiger partial charge in [-0.2, -0.15) is 9.48 Å². The molecular formula is C25H25N4O4+. The summed E-state index contributed by atoms with van der Waals surface area (Å²) in [5, 5.41) is 2.85. The van der Waals surface area contributed by atoms with Crippen LogP contribution in [0.2, 0.25) is 0 Å². The Morgan fingerprint density at radius 2 is 1.88 bits per heavy atom. The fourth-order valence-electron chi connectivity index (χ4n) is 3.87. The molecule has 1 atom stereocenters. The second kappa shape index (κ2) is 10.0. The van der Waals surface area contributed by atoms with E-state index in [0.29, 0.717) is 24.3 Å². The Bertz CT molecular complexity index is 1150. The lowest BCUT2D eigenvalue weighted by atomic mass is 10.0. The average molecular weight is 445 g/mol. The molecule has 33 heavy (non-hydrogen) atoms. The number of imide groups is 1. The molecule has 0 fully saturated rings. The Kier molecular flexibility index (Phi) is 6.73. The van der Waals surface area contributed by atoms with Gasteiger partial charge in [0, 0.05) is 12.1 Å². The highest BCUT2D eigenvalue weighted by Crippen LogP contribution is 2.24. The summed E-state index contributed by atoms with van der Waals surface area (Å²) in [5.74, 6) is -0.576. The lowest BCUT2D eigenvalue weighted by Gasteiger charge is -2.27. The quantitative estimate of drug-likeness (QED) is 0.631. The molecule has 0 bridgehead atoms. The predicted octanol–water partition coefficient (Wildman–Crippen LogP) is 2.18. The van der Waals surface area contributed by atoms with Gasteiger partial charge in [0.25, 0.3) is 11.7 Å². The first-order chi connectivity index (χ1) is 16.1. The van der Waals surface area contributed by atoms with Crippen LogP contribution in [0.5, 0.6) is 5.75 Å². The molecule has 0 saturated heterocycles. The average Bonchev–Trinajstić information content (AvgIpc) is 2.85. The molecule has 0 spiro atoms. The van der Waals surface area contributed by atoms with Crippen molar-refractivity contribution in [1.82, 2.24) is 10.2 Å².